The molecule has 0 unspecified atom stereocenters. The third kappa shape index (κ3) is 6.65. The quantitative estimate of drug-likeness (QED) is 0.135. The number of para-hydroxylation sites is 1. The predicted octanol–water partition coefficient (Wildman–Crippen LogP) is 1.37. The Labute approximate surface area is 209 Å². The number of rotatable bonds is 11. The number of piperazine rings is 1. The van der Waals surface area contributed by atoms with E-state index in [1.165, 1.54) is 0 Å². The standard InChI is InChI=1S/C25H33N7O4/c26-8-14-35-16-17-36-15-13-31-9-11-32(12-10-31)25(33)19-6-7-22-21(18-19)23(29-28-22)24(30-34)27-20-4-2-1-3-5-20/h1-7,18,34H,8-17,26H2,(H,27,30)(H,28,29). The van der Waals surface area contributed by atoms with Crippen molar-refractivity contribution in [1.82, 2.24) is 25.5 Å². The molecule has 5 N–H and O–H groups in total. The normalized spacial score (nSPS) is 14.9. The summed E-state index contributed by atoms with van der Waals surface area (Å²) < 4.78 is 10.9. The number of carbonyl (C=O) groups excluding carboxylic acids is 1. The van der Waals surface area contributed by atoms with Crippen molar-refractivity contribution in [3.05, 3.63) is 59.8 Å². The summed E-state index contributed by atoms with van der Waals surface area (Å²) in [6.45, 7) is 6.50. The summed E-state index contributed by atoms with van der Waals surface area (Å²) in [5, 5.41) is 17.7. The van der Waals surface area contributed by atoms with Crippen LogP contribution < -0.4 is 11.2 Å². The molecular weight excluding hydrogens is 462 g/mol. The minimum atomic E-state index is -0.0319. The van der Waals surface area contributed by atoms with Crippen LogP contribution in [0.2, 0.25) is 0 Å². The number of amides is 1. The van der Waals surface area contributed by atoms with E-state index in [2.05, 4.69) is 25.6 Å². The molecule has 0 bridgehead atoms. The first-order valence-corrected chi connectivity index (χ1v) is 12.1. The molecule has 192 valence electrons. The van der Waals surface area contributed by atoms with Crippen LogP contribution in [-0.4, -0.2) is 103 Å². The fraction of sp³-hybridized carbons (Fsp3) is 0.400. The Morgan fingerprint density at radius 3 is 2.53 bits per heavy atom. The van der Waals surface area contributed by atoms with Gasteiger partial charge in [-0.25, -0.2) is 4.99 Å². The molecule has 0 aliphatic carbocycles. The van der Waals surface area contributed by atoms with Gasteiger partial charge in [0.15, 0.2) is 5.84 Å². The number of aromatic nitrogens is 2. The molecule has 1 aliphatic heterocycles. The topological polar surface area (TPSA) is 141 Å². The van der Waals surface area contributed by atoms with Gasteiger partial charge in [-0.15, -0.1) is 0 Å². The number of fused-ring (bicyclic) bond motifs is 1. The Kier molecular flexibility index (Phi) is 9.36. The molecule has 3 aromatic rings. The summed E-state index contributed by atoms with van der Waals surface area (Å²) >= 11 is 0. The van der Waals surface area contributed by atoms with E-state index in [4.69, 9.17) is 15.2 Å². The number of ether oxygens (including phenoxy) is 2. The number of H-pyrrole nitrogens is 1. The molecular formula is C25H33N7O4. The van der Waals surface area contributed by atoms with Gasteiger partial charge in [-0.3, -0.25) is 25.5 Å². The maximum atomic E-state index is 13.2. The molecule has 1 aliphatic rings. The number of benzene rings is 2. The van der Waals surface area contributed by atoms with Crippen molar-refractivity contribution in [3.8, 4) is 0 Å². The molecule has 36 heavy (non-hydrogen) atoms. The van der Waals surface area contributed by atoms with Crippen molar-refractivity contribution >= 4 is 28.3 Å². The van der Waals surface area contributed by atoms with Crippen LogP contribution in [-0.2, 0) is 9.47 Å². The summed E-state index contributed by atoms with van der Waals surface area (Å²) in [5.41, 5.74) is 9.94. The highest BCUT2D eigenvalue weighted by molar-refractivity contribution is 6.09. The molecule has 1 aromatic heterocycles. The summed E-state index contributed by atoms with van der Waals surface area (Å²) in [6, 6.07) is 14.7. The van der Waals surface area contributed by atoms with Gasteiger partial charge in [0.2, 0.25) is 0 Å². The first-order valence-electron chi connectivity index (χ1n) is 12.1. The van der Waals surface area contributed by atoms with Crippen LogP contribution in [0.4, 0.5) is 5.69 Å². The van der Waals surface area contributed by atoms with Crippen molar-refractivity contribution < 1.29 is 19.5 Å². The number of nitrogens with two attached hydrogens (primary N) is 1. The summed E-state index contributed by atoms with van der Waals surface area (Å²) in [5.74, 6) is 0.161. The van der Waals surface area contributed by atoms with Crippen molar-refractivity contribution in [2.75, 3.05) is 65.7 Å². The number of carbonyl (C=O) groups is 1. The van der Waals surface area contributed by atoms with Gasteiger partial charge in [0.05, 0.1) is 37.6 Å². The molecule has 11 heteroatoms. The van der Waals surface area contributed by atoms with E-state index < -0.39 is 0 Å². The Hall–Kier alpha value is -3.35. The zero-order valence-corrected chi connectivity index (χ0v) is 20.2. The monoisotopic (exact) mass is 495 g/mol. The van der Waals surface area contributed by atoms with E-state index in [-0.39, 0.29) is 11.7 Å². The van der Waals surface area contributed by atoms with Crippen molar-refractivity contribution in [2.24, 2.45) is 10.7 Å². The molecule has 0 spiro atoms. The van der Waals surface area contributed by atoms with E-state index in [1.807, 2.05) is 41.3 Å². The van der Waals surface area contributed by atoms with Gasteiger partial charge in [0.1, 0.15) is 5.69 Å². The number of amidine groups is 1. The zero-order valence-electron chi connectivity index (χ0n) is 20.2. The van der Waals surface area contributed by atoms with Crippen LogP contribution >= 0.6 is 0 Å². The van der Waals surface area contributed by atoms with E-state index in [0.29, 0.717) is 68.4 Å². The van der Waals surface area contributed by atoms with Crippen LogP contribution in [0.3, 0.4) is 0 Å². The number of hydrogen-bond donors (Lipinski definition) is 4. The minimum Gasteiger partial charge on any atom is -0.378 e. The van der Waals surface area contributed by atoms with Crippen LogP contribution in [0, 0.1) is 0 Å². The second-order valence-electron chi connectivity index (χ2n) is 8.39. The van der Waals surface area contributed by atoms with Gasteiger partial charge in [0, 0.05) is 50.2 Å². The van der Waals surface area contributed by atoms with Crippen LogP contribution in [0.1, 0.15) is 16.1 Å². The van der Waals surface area contributed by atoms with Gasteiger partial charge < -0.3 is 20.1 Å². The molecule has 2 aromatic carbocycles. The number of aromatic amines is 1. The Morgan fingerprint density at radius 2 is 1.81 bits per heavy atom. The smallest absolute Gasteiger partial charge is 0.253 e. The average Bonchev–Trinajstić information content (AvgIpc) is 3.35. The lowest BCUT2D eigenvalue weighted by Crippen LogP contribution is -2.49. The highest BCUT2D eigenvalue weighted by Crippen LogP contribution is 2.21. The molecule has 1 saturated heterocycles. The minimum absolute atomic E-state index is 0.0319. The molecule has 1 fully saturated rings. The highest BCUT2D eigenvalue weighted by atomic mass is 16.5. The van der Waals surface area contributed by atoms with Crippen molar-refractivity contribution in [1.29, 1.82) is 0 Å². The van der Waals surface area contributed by atoms with E-state index in [0.717, 1.165) is 25.2 Å². The summed E-state index contributed by atoms with van der Waals surface area (Å²) in [4.78, 5) is 21.8. The fourth-order valence-corrected chi connectivity index (χ4v) is 4.05. The lowest BCUT2D eigenvalue weighted by molar-refractivity contribution is 0.0324. The van der Waals surface area contributed by atoms with Crippen molar-refractivity contribution in [3.63, 3.8) is 0 Å². The first-order chi connectivity index (χ1) is 17.7. The van der Waals surface area contributed by atoms with Gasteiger partial charge >= 0.3 is 0 Å². The zero-order chi connectivity index (χ0) is 25.2. The molecule has 0 saturated carbocycles. The lowest BCUT2D eigenvalue weighted by atomic mass is 10.1. The van der Waals surface area contributed by atoms with Crippen LogP contribution in [0.25, 0.3) is 10.9 Å². The lowest BCUT2D eigenvalue weighted by Gasteiger charge is -2.34. The highest BCUT2D eigenvalue weighted by Gasteiger charge is 2.23. The Bertz CT molecular complexity index is 1140. The van der Waals surface area contributed by atoms with E-state index >= 15 is 0 Å². The van der Waals surface area contributed by atoms with Gasteiger partial charge in [-0.2, -0.15) is 5.10 Å². The summed E-state index contributed by atoms with van der Waals surface area (Å²) in [7, 11) is 0. The molecule has 2 heterocycles. The Balaban J connectivity index is 1.35. The van der Waals surface area contributed by atoms with E-state index in [1.54, 1.807) is 12.1 Å². The number of aliphatic imine (C=N–C) groups is 1. The molecule has 0 radical (unpaired) electrons. The number of nitrogens with zero attached hydrogens (tertiary/aromatic N) is 4. The van der Waals surface area contributed by atoms with Crippen LogP contribution in [0.15, 0.2) is 53.5 Å². The largest absolute Gasteiger partial charge is 0.378 e. The number of nitrogens with one attached hydrogen (secondary N) is 2. The maximum Gasteiger partial charge on any atom is 0.253 e. The first kappa shape index (κ1) is 25.7. The molecule has 4 rings (SSSR count). The second-order valence-corrected chi connectivity index (χ2v) is 8.39. The van der Waals surface area contributed by atoms with E-state index in [9.17, 15) is 10.0 Å². The second kappa shape index (κ2) is 13.1. The fourth-order valence-electron chi connectivity index (χ4n) is 4.05. The SMILES string of the molecule is NCCOCCOCCN1CCN(C(=O)c2ccc3[nH]nc(C(=Nc4ccccc4)NO)c3c2)CC1. The number of hydroxylamine groups is 1. The van der Waals surface area contributed by atoms with Gasteiger partial charge in [0.25, 0.3) is 5.91 Å². The number of hydrogen-bond acceptors (Lipinski definition) is 8. The van der Waals surface area contributed by atoms with Crippen molar-refractivity contribution in [2.45, 2.75) is 0 Å². The summed E-state index contributed by atoms with van der Waals surface area (Å²) in [6.07, 6.45) is 0. The van der Waals surface area contributed by atoms with Crippen LogP contribution in [0.5, 0.6) is 0 Å². The average molecular weight is 496 g/mol. The van der Waals surface area contributed by atoms with Gasteiger partial charge in [-0.1, -0.05) is 18.2 Å². The Morgan fingerprint density at radius 1 is 1.06 bits per heavy atom. The predicted molar refractivity (Wildman–Crippen MR) is 137 cm³/mol. The third-order valence-corrected chi connectivity index (χ3v) is 5.98. The molecule has 1 amide bonds. The molecule has 0 atom stereocenters. The molecule has 11 nitrogen and oxygen atoms in total. The maximum absolute atomic E-state index is 13.2. The third-order valence-electron chi connectivity index (χ3n) is 5.98. The van der Waals surface area contributed by atoms with Gasteiger partial charge in [-0.05, 0) is 30.3 Å².